The van der Waals surface area contributed by atoms with Crippen LogP contribution in [0.3, 0.4) is 0 Å². The highest BCUT2D eigenvalue weighted by atomic mass is 16.2. The van der Waals surface area contributed by atoms with Gasteiger partial charge in [-0.15, -0.1) is 0 Å². The number of piperidine rings is 1. The molecule has 136 valence electrons. The molecule has 3 rings (SSSR count). The maximum atomic E-state index is 13.3. The minimum Gasteiger partial charge on any atom is -0.319 e. The number of amides is 3. The molecule has 2 N–H and O–H groups in total. The maximum Gasteiger partial charge on any atom is 0.329 e. The zero-order chi connectivity index (χ0) is 18.0. The summed E-state index contributed by atoms with van der Waals surface area (Å²) >= 11 is 0. The van der Waals surface area contributed by atoms with Crippen molar-refractivity contribution in [2.45, 2.75) is 45.6 Å². The topological polar surface area (TPSA) is 53.9 Å². The maximum absolute atomic E-state index is 13.3. The Hall–Kier alpha value is -1.88. The van der Waals surface area contributed by atoms with Crippen LogP contribution in [-0.4, -0.2) is 36.6 Å². The van der Waals surface area contributed by atoms with Crippen LogP contribution >= 0.6 is 0 Å². The summed E-state index contributed by atoms with van der Waals surface area (Å²) in [4.78, 5) is 28.8. The quantitative estimate of drug-likeness (QED) is 0.800. The fourth-order valence-corrected chi connectivity index (χ4v) is 4.11. The summed E-state index contributed by atoms with van der Waals surface area (Å²) < 4.78 is 0. The van der Waals surface area contributed by atoms with Gasteiger partial charge < -0.3 is 10.2 Å². The van der Waals surface area contributed by atoms with Gasteiger partial charge in [0.25, 0.3) is 5.91 Å². The minimum absolute atomic E-state index is 0.0940. The summed E-state index contributed by atoms with van der Waals surface area (Å²) in [6.45, 7) is 8.98. The van der Waals surface area contributed by atoms with Crippen LogP contribution in [0.25, 0.3) is 0 Å². The molecular weight excluding hydrogens is 314 g/mol. The Labute approximate surface area is 150 Å². The lowest BCUT2D eigenvalue weighted by atomic mass is 9.82. The van der Waals surface area contributed by atoms with E-state index >= 15 is 0 Å². The van der Waals surface area contributed by atoms with E-state index in [-0.39, 0.29) is 11.9 Å². The van der Waals surface area contributed by atoms with Crippen LogP contribution in [0.15, 0.2) is 30.3 Å². The van der Waals surface area contributed by atoms with Crippen molar-refractivity contribution in [3.63, 3.8) is 0 Å². The molecule has 0 bridgehead atoms. The van der Waals surface area contributed by atoms with Crippen LogP contribution < -0.4 is 10.2 Å². The zero-order valence-electron chi connectivity index (χ0n) is 15.5. The molecule has 1 aromatic carbocycles. The van der Waals surface area contributed by atoms with Crippen LogP contribution in [0.4, 0.5) is 4.79 Å². The number of carbonyl (C=O) groups excluding carboxylic acids is 2. The van der Waals surface area contributed by atoms with E-state index < -0.39 is 5.54 Å². The lowest BCUT2D eigenvalue weighted by molar-refractivity contribution is -0.913. The largest absolute Gasteiger partial charge is 0.329 e. The number of hydrogen-bond donors (Lipinski definition) is 2. The Morgan fingerprint density at radius 3 is 2.44 bits per heavy atom. The Morgan fingerprint density at radius 2 is 1.84 bits per heavy atom. The lowest BCUT2D eigenvalue weighted by Gasteiger charge is -2.31. The van der Waals surface area contributed by atoms with Crippen molar-refractivity contribution in [3.05, 3.63) is 35.9 Å². The molecule has 25 heavy (non-hydrogen) atoms. The van der Waals surface area contributed by atoms with Crippen molar-refractivity contribution < 1.29 is 14.5 Å². The Kier molecular flexibility index (Phi) is 5.13. The zero-order valence-corrected chi connectivity index (χ0v) is 15.5. The van der Waals surface area contributed by atoms with Gasteiger partial charge in [-0.1, -0.05) is 51.1 Å². The molecule has 0 radical (unpaired) electrons. The molecule has 0 spiro atoms. The number of nitrogens with zero attached hydrogens (tertiary/aromatic N) is 1. The summed E-state index contributed by atoms with van der Waals surface area (Å²) in [6, 6.07) is 9.43. The molecule has 1 atom stereocenters. The molecule has 0 unspecified atom stereocenters. The minimum atomic E-state index is -0.922. The van der Waals surface area contributed by atoms with Gasteiger partial charge in [0.2, 0.25) is 0 Å². The first-order valence-corrected chi connectivity index (χ1v) is 9.45. The van der Waals surface area contributed by atoms with Gasteiger partial charge in [0.15, 0.2) is 6.67 Å². The second kappa shape index (κ2) is 7.16. The van der Waals surface area contributed by atoms with E-state index in [0.717, 1.165) is 37.4 Å². The molecular formula is C20H30N3O2+. The molecule has 1 aromatic rings. The summed E-state index contributed by atoms with van der Waals surface area (Å²) in [5.41, 5.74) is -0.0403. The number of rotatable bonds is 5. The van der Waals surface area contributed by atoms with Gasteiger partial charge in [0.05, 0.1) is 13.1 Å². The number of urea groups is 1. The van der Waals surface area contributed by atoms with Crippen LogP contribution in [0.2, 0.25) is 0 Å². The first kappa shape index (κ1) is 17.9. The molecule has 2 fully saturated rings. The molecule has 2 aliphatic heterocycles. The molecule has 2 heterocycles. The monoisotopic (exact) mass is 344 g/mol. The fourth-order valence-electron chi connectivity index (χ4n) is 4.11. The smallest absolute Gasteiger partial charge is 0.319 e. The average molecular weight is 344 g/mol. The van der Waals surface area contributed by atoms with Crippen molar-refractivity contribution in [1.82, 2.24) is 10.2 Å². The number of nitrogens with one attached hydrogen (secondary N) is 2. The third-order valence-electron chi connectivity index (χ3n) is 5.52. The third kappa shape index (κ3) is 3.56. The molecule has 0 saturated carbocycles. The molecule has 0 aromatic heterocycles. The van der Waals surface area contributed by atoms with Gasteiger partial charge in [-0.25, -0.2) is 9.69 Å². The predicted molar refractivity (Wildman–Crippen MR) is 96.9 cm³/mol. The number of hydrogen-bond acceptors (Lipinski definition) is 2. The van der Waals surface area contributed by atoms with E-state index in [4.69, 9.17) is 0 Å². The Balaban J connectivity index is 1.83. The molecule has 2 aliphatic rings. The van der Waals surface area contributed by atoms with Gasteiger partial charge in [-0.05, 0) is 36.7 Å². The summed E-state index contributed by atoms with van der Waals surface area (Å²) in [7, 11) is 0. The van der Waals surface area contributed by atoms with Gasteiger partial charge in [-0.3, -0.25) is 4.79 Å². The van der Waals surface area contributed by atoms with Gasteiger partial charge in [-0.2, -0.15) is 0 Å². The highest BCUT2D eigenvalue weighted by molar-refractivity contribution is 6.07. The number of quaternary nitrogens is 1. The molecule has 0 aliphatic carbocycles. The van der Waals surface area contributed by atoms with E-state index in [0.29, 0.717) is 19.0 Å². The second-order valence-electron chi connectivity index (χ2n) is 8.12. The molecule has 2 saturated heterocycles. The van der Waals surface area contributed by atoms with Gasteiger partial charge >= 0.3 is 6.03 Å². The standard InChI is InChI=1S/C20H29N3O2/c1-15(2)13-20(17-7-5-4-6-8-17)18(24)23(19(25)21-20)14-22-11-9-16(3)10-12-22/h4-8,15-16H,9-14H2,1-3H3,(H,21,25)/p+1/t20-/m0/s1. The number of imide groups is 1. The number of benzene rings is 1. The van der Waals surface area contributed by atoms with Crippen LogP contribution in [0.5, 0.6) is 0 Å². The number of likely N-dealkylation sites (tertiary alicyclic amines) is 1. The van der Waals surface area contributed by atoms with E-state index in [1.165, 1.54) is 9.80 Å². The van der Waals surface area contributed by atoms with Crippen LogP contribution in [-0.2, 0) is 10.3 Å². The average Bonchev–Trinajstić information content (AvgIpc) is 2.82. The van der Waals surface area contributed by atoms with E-state index in [9.17, 15) is 9.59 Å². The highest BCUT2D eigenvalue weighted by Crippen LogP contribution is 2.34. The summed E-state index contributed by atoms with van der Waals surface area (Å²) in [6.07, 6.45) is 2.94. The van der Waals surface area contributed by atoms with Crippen LogP contribution in [0, 0.1) is 11.8 Å². The van der Waals surface area contributed by atoms with Crippen molar-refractivity contribution in [3.8, 4) is 0 Å². The molecule has 5 nitrogen and oxygen atoms in total. The normalized spacial score (nSPS) is 30.0. The first-order chi connectivity index (χ1) is 11.9. The van der Waals surface area contributed by atoms with E-state index in [1.807, 2.05) is 30.3 Å². The number of carbonyl (C=O) groups is 2. The Morgan fingerprint density at radius 1 is 1.20 bits per heavy atom. The van der Waals surface area contributed by atoms with Gasteiger partial charge in [0, 0.05) is 0 Å². The summed E-state index contributed by atoms with van der Waals surface area (Å²) in [5.74, 6) is 0.951. The van der Waals surface area contributed by atoms with E-state index in [1.54, 1.807) is 0 Å². The van der Waals surface area contributed by atoms with E-state index in [2.05, 4.69) is 26.1 Å². The highest BCUT2D eigenvalue weighted by Gasteiger charge is 2.53. The van der Waals surface area contributed by atoms with Gasteiger partial charge in [0.1, 0.15) is 5.54 Å². The Bertz CT molecular complexity index is 623. The first-order valence-electron chi connectivity index (χ1n) is 9.45. The summed E-state index contributed by atoms with van der Waals surface area (Å²) in [5, 5.41) is 3.04. The molecule has 3 amide bonds. The van der Waals surface area contributed by atoms with Crippen molar-refractivity contribution in [1.29, 1.82) is 0 Å². The lowest BCUT2D eigenvalue weighted by Crippen LogP contribution is -3.14. The van der Waals surface area contributed by atoms with Crippen molar-refractivity contribution in [2.24, 2.45) is 11.8 Å². The second-order valence-corrected chi connectivity index (χ2v) is 8.12. The predicted octanol–water partition coefficient (Wildman–Crippen LogP) is 1.75. The SMILES string of the molecule is CC(C)C[C@@]1(c2ccccc2)NC(=O)N(C[NH+]2CCC(C)CC2)C1=O. The van der Waals surface area contributed by atoms with Crippen molar-refractivity contribution >= 4 is 11.9 Å². The fraction of sp³-hybridized carbons (Fsp3) is 0.600. The molecule has 5 heteroatoms. The van der Waals surface area contributed by atoms with Crippen LogP contribution in [0.1, 0.15) is 45.6 Å². The van der Waals surface area contributed by atoms with Crippen molar-refractivity contribution in [2.75, 3.05) is 19.8 Å². The third-order valence-corrected chi connectivity index (χ3v) is 5.52.